The van der Waals surface area contributed by atoms with Crippen molar-refractivity contribution >= 4 is 28.9 Å². The van der Waals surface area contributed by atoms with Crippen molar-refractivity contribution in [2.75, 3.05) is 17.2 Å². The van der Waals surface area contributed by atoms with Crippen molar-refractivity contribution in [3.63, 3.8) is 0 Å². The van der Waals surface area contributed by atoms with Gasteiger partial charge in [-0.25, -0.2) is 0 Å². The molecule has 0 aromatic heterocycles. The van der Waals surface area contributed by atoms with Crippen molar-refractivity contribution in [2.45, 2.75) is 19.9 Å². The Morgan fingerprint density at radius 2 is 1.48 bits per heavy atom. The van der Waals surface area contributed by atoms with Gasteiger partial charge in [-0.2, -0.15) is 0 Å². The number of carbonyl (C=O) groups is 2. The van der Waals surface area contributed by atoms with E-state index in [1.165, 1.54) is 0 Å². The summed E-state index contributed by atoms with van der Waals surface area (Å²) in [6, 6.07) is 16.5. The van der Waals surface area contributed by atoms with E-state index in [0.29, 0.717) is 5.69 Å². The Labute approximate surface area is 147 Å². The van der Waals surface area contributed by atoms with Crippen molar-refractivity contribution < 1.29 is 9.59 Å². The molecular formula is C19H24N4O2. The van der Waals surface area contributed by atoms with E-state index >= 15 is 0 Å². The van der Waals surface area contributed by atoms with E-state index in [2.05, 4.69) is 16.0 Å². The summed E-state index contributed by atoms with van der Waals surface area (Å²) in [5.74, 6) is -0.603. The average Bonchev–Trinajstić information content (AvgIpc) is 2.61. The molecule has 0 aliphatic carbocycles. The van der Waals surface area contributed by atoms with Gasteiger partial charge in [-0.3, -0.25) is 9.59 Å². The molecule has 1 atom stereocenters. The van der Waals surface area contributed by atoms with Crippen LogP contribution >= 0.6 is 0 Å². The highest BCUT2D eigenvalue weighted by atomic mass is 16.2. The molecule has 0 bridgehead atoms. The molecule has 25 heavy (non-hydrogen) atoms. The number of anilines is 3. The summed E-state index contributed by atoms with van der Waals surface area (Å²) in [5, 5.41) is 8.54. The van der Waals surface area contributed by atoms with Crippen LogP contribution in [0.1, 0.15) is 13.8 Å². The third-order valence-corrected chi connectivity index (χ3v) is 3.68. The fourth-order valence-corrected chi connectivity index (χ4v) is 2.12. The molecule has 6 nitrogen and oxygen atoms in total. The van der Waals surface area contributed by atoms with Crippen molar-refractivity contribution in [3.05, 3.63) is 54.6 Å². The normalized spacial score (nSPS) is 11.7. The molecular weight excluding hydrogens is 316 g/mol. The van der Waals surface area contributed by atoms with Crippen LogP contribution in [0.2, 0.25) is 0 Å². The largest absolute Gasteiger partial charge is 0.356 e. The molecule has 0 aliphatic heterocycles. The number of nitrogens with two attached hydrogens (primary N) is 1. The molecule has 0 saturated heterocycles. The number of para-hydroxylation sites is 1. The maximum Gasteiger partial charge on any atom is 0.243 e. The zero-order chi connectivity index (χ0) is 18.2. The molecule has 2 rings (SSSR count). The summed E-state index contributed by atoms with van der Waals surface area (Å²) in [6.07, 6.45) is 0. The van der Waals surface area contributed by atoms with Crippen LogP contribution in [0.3, 0.4) is 0 Å². The molecule has 0 heterocycles. The molecule has 0 unspecified atom stereocenters. The minimum absolute atomic E-state index is 0.0210. The van der Waals surface area contributed by atoms with Crippen LogP contribution in [-0.2, 0) is 9.59 Å². The van der Waals surface area contributed by atoms with Crippen molar-refractivity contribution in [1.29, 1.82) is 0 Å². The van der Waals surface area contributed by atoms with Gasteiger partial charge >= 0.3 is 0 Å². The van der Waals surface area contributed by atoms with E-state index in [1.54, 1.807) is 12.1 Å². The first-order valence-electron chi connectivity index (χ1n) is 8.21. The third kappa shape index (κ3) is 5.93. The van der Waals surface area contributed by atoms with Crippen molar-refractivity contribution in [2.24, 2.45) is 11.7 Å². The van der Waals surface area contributed by atoms with Gasteiger partial charge in [-0.05, 0) is 42.3 Å². The lowest BCUT2D eigenvalue weighted by molar-refractivity contribution is -0.125. The van der Waals surface area contributed by atoms with Gasteiger partial charge in [0.05, 0.1) is 12.6 Å². The molecule has 132 valence electrons. The number of hydrogen-bond acceptors (Lipinski definition) is 4. The van der Waals surface area contributed by atoms with Gasteiger partial charge < -0.3 is 21.7 Å². The van der Waals surface area contributed by atoms with Crippen molar-refractivity contribution in [3.8, 4) is 0 Å². The minimum Gasteiger partial charge on any atom is -0.356 e. The molecule has 0 spiro atoms. The molecule has 2 amide bonds. The van der Waals surface area contributed by atoms with Gasteiger partial charge in [0.15, 0.2) is 0 Å². The third-order valence-electron chi connectivity index (χ3n) is 3.68. The summed E-state index contributed by atoms with van der Waals surface area (Å²) >= 11 is 0. The van der Waals surface area contributed by atoms with Crippen LogP contribution in [0.25, 0.3) is 0 Å². The topological polar surface area (TPSA) is 96.2 Å². The Bertz CT molecular complexity index is 699. The van der Waals surface area contributed by atoms with Gasteiger partial charge in [0.2, 0.25) is 11.8 Å². The zero-order valence-electron chi connectivity index (χ0n) is 14.5. The number of carbonyl (C=O) groups excluding carboxylic acids is 2. The zero-order valence-corrected chi connectivity index (χ0v) is 14.5. The molecule has 0 saturated carbocycles. The number of benzene rings is 2. The molecule has 5 N–H and O–H groups in total. The van der Waals surface area contributed by atoms with E-state index in [4.69, 9.17) is 5.73 Å². The number of amides is 2. The first kappa shape index (κ1) is 18.5. The molecule has 0 aliphatic rings. The molecule has 2 aromatic carbocycles. The van der Waals surface area contributed by atoms with Gasteiger partial charge in [0.1, 0.15) is 0 Å². The summed E-state index contributed by atoms with van der Waals surface area (Å²) in [5.41, 5.74) is 8.29. The average molecular weight is 340 g/mol. The lowest BCUT2D eigenvalue weighted by Crippen LogP contribution is -2.46. The second-order valence-electron chi connectivity index (χ2n) is 6.10. The van der Waals surface area contributed by atoms with Gasteiger partial charge in [0.25, 0.3) is 0 Å². The van der Waals surface area contributed by atoms with Crippen LogP contribution in [0.4, 0.5) is 17.1 Å². The fraction of sp³-hybridized carbons (Fsp3) is 0.263. The van der Waals surface area contributed by atoms with Crippen molar-refractivity contribution in [1.82, 2.24) is 5.32 Å². The first-order chi connectivity index (χ1) is 12.0. The van der Waals surface area contributed by atoms with Crippen LogP contribution in [0.5, 0.6) is 0 Å². The number of nitrogens with one attached hydrogen (secondary N) is 3. The second-order valence-corrected chi connectivity index (χ2v) is 6.10. The highest BCUT2D eigenvalue weighted by molar-refractivity contribution is 5.95. The first-order valence-corrected chi connectivity index (χ1v) is 8.21. The minimum atomic E-state index is -0.615. The predicted octanol–water partition coefficient (Wildman–Crippen LogP) is 2.47. The molecule has 0 radical (unpaired) electrons. The van der Waals surface area contributed by atoms with E-state index in [0.717, 1.165) is 11.4 Å². The standard InChI is InChI=1S/C19H24N4O2/c1-13(2)18(20)19(25)21-12-17(24)23-16-10-8-15(9-11-16)22-14-6-4-3-5-7-14/h3-11,13,18,22H,12,20H2,1-2H3,(H,21,25)(H,23,24)/t18-/m0/s1. The molecule has 0 fully saturated rings. The Morgan fingerprint density at radius 1 is 0.920 bits per heavy atom. The maximum atomic E-state index is 11.9. The quantitative estimate of drug-likeness (QED) is 0.622. The molecule has 6 heteroatoms. The lowest BCUT2D eigenvalue weighted by atomic mass is 10.1. The smallest absolute Gasteiger partial charge is 0.243 e. The van der Waals surface area contributed by atoms with Gasteiger partial charge in [0, 0.05) is 17.1 Å². The Hall–Kier alpha value is -2.86. The monoisotopic (exact) mass is 340 g/mol. The summed E-state index contributed by atoms with van der Waals surface area (Å²) in [6.45, 7) is 3.61. The number of hydrogen-bond donors (Lipinski definition) is 4. The predicted molar refractivity (Wildman–Crippen MR) is 101 cm³/mol. The van der Waals surface area contributed by atoms with E-state index in [-0.39, 0.29) is 24.3 Å². The van der Waals surface area contributed by atoms with E-state index in [9.17, 15) is 9.59 Å². The Kier molecular flexibility index (Phi) is 6.54. The Morgan fingerprint density at radius 3 is 2.08 bits per heavy atom. The van der Waals surface area contributed by atoms with Crippen LogP contribution in [-0.4, -0.2) is 24.4 Å². The highest BCUT2D eigenvalue weighted by Crippen LogP contribution is 2.18. The van der Waals surface area contributed by atoms with Gasteiger partial charge in [-0.1, -0.05) is 32.0 Å². The highest BCUT2D eigenvalue weighted by Gasteiger charge is 2.17. The molecule has 2 aromatic rings. The SMILES string of the molecule is CC(C)[C@H](N)C(=O)NCC(=O)Nc1ccc(Nc2ccccc2)cc1. The Balaban J connectivity index is 1.82. The second kappa shape index (κ2) is 8.84. The lowest BCUT2D eigenvalue weighted by Gasteiger charge is -2.15. The van der Waals surface area contributed by atoms with E-state index < -0.39 is 6.04 Å². The van der Waals surface area contributed by atoms with Gasteiger partial charge in [-0.15, -0.1) is 0 Å². The summed E-state index contributed by atoms with van der Waals surface area (Å²) in [4.78, 5) is 23.6. The number of rotatable bonds is 7. The fourth-order valence-electron chi connectivity index (χ4n) is 2.12. The summed E-state index contributed by atoms with van der Waals surface area (Å²) in [7, 11) is 0. The summed E-state index contributed by atoms with van der Waals surface area (Å²) < 4.78 is 0. The maximum absolute atomic E-state index is 11.9. The van der Waals surface area contributed by atoms with Crippen LogP contribution in [0, 0.1) is 5.92 Å². The van der Waals surface area contributed by atoms with E-state index in [1.807, 2.05) is 56.3 Å². The van der Waals surface area contributed by atoms with Crippen LogP contribution in [0.15, 0.2) is 54.6 Å². The van der Waals surface area contributed by atoms with Crippen LogP contribution < -0.4 is 21.7 Å².